The summed E-state index contributed by atoms with van der Waals surface area (Å²) in [5.74, 6) is 1.73. The molecule has 1 aliphatic rings. The van der Waals surface area contributed by atoms with Crippen molar-refractivity contribution in [3.8, 4) is 17.0 Å². The number of aromatic nitrogens is 2. The van der Waals surface area contributed by atoms with Gasteiger partial charge < -0.3 is 14.8 Å². The number of nitrogens with one attached hydrogen (secondary N) is 1. The van der Waals surface area contributed by atoms with Gasteiger partial charge in [0.1, 0.15) is 11.6 Å². The lowest BCUT2D eigenvalue weighted by Gasteiger charge is -2.19. The molecule has 158 valence electrons. The van der Waals surface area contributed by atoms with Crippen LogP contribution in [0.3, 0.4) is 0 Å². The Balaban J connectivity index is 1.81. The number of ether oxygens (including phenoxy) is 2. The summed E-state index contributed by atoms with van der Waals surface area (Å²) in [6.07, 6.45) is 9.39. The topological polar surface area (TPSA) is 56.3 Å². The molecule has 0 saturated carbocycles. The van der Waals surface area contributed by atoms with Crippen LogP contribution in [0.15, 0.2) is 24.3 Å². The second-order valence-corrected chi connectivity index (χ2v) is 7.88. The van der Waals surface area contributed by atoms with Crippen molar-refractivity contribution in [2.24, 2.45) is 0 Å². The number of rotatable bonds is 9. The fourth-order valence-electron chi connectivity index (χ4n) is 3.92. The van der Waals surface area contributed by atoms with Crippen molar-refractivity contribution in [1.82, 2.24) is 10.2 Å². The summed E-state index contributed by atoms with van der Waals surface area (Å²) in [5, 5.41) is 12.8. The van der Waals surface area contributed by atoms with Crippen molar-refractivity contribution >= 4 is 5.82 Å². The molecule has 1 N–H and O–H groups in total. The van der Waals surface area contributed by atoms with E-state index in [1.165, 1.54) is 37.7 Å². The lowest BCUT2D eigenvalue weighted by atomic mass is 9.98. The SMILES string of the molecule is CCCCCCC(CC)Nc1cc2c(nn1)-c1ccc(OC)cc1COCCC2. The van der Waals surface area contributed by atoms with Gasteiger partial charge in [-0.05, 0) is 61.1 Å². The second-order valence-electron chi connectivity index (χ2n) is 7.88. The van der Waals surface area contributed by atoms with Crippen LogP contribution in [-0.2, 0) is 17.8 Å². The van der Waals surface area contributed by atoms with Crippen molar-refractivity contribution in [1.29, 1.82) is 0 Å². The minimum Gasteiger partial charge on any atom is -0.497 e. The van der Waals surface area contributed by atoms with Crippen LogP contribution in [0.4, 0.5) is 5.82 Å². The number of methoxy groups -OCH3 is 1. The van der Waals surface area contributed by atoms with E-state index in [9.17, 15) is 0 Å². The van der Waals surface area contributed by atoms with Crippen LogP contribution < -0.4 is 10.1 Å². The van der Waals surface area contributed by atoms with Gasteiger partial charge in [-0.3, -0.25) is 0 Å². The quantitative estimate of drug-likeness (QED) is 0.544. The van der Waals surface area contributed by atoms with Gasteiger partial charge in [0.05, 0.1) is 19.4 Å². The van der Waals surface area contributed by atoms with E-state index in [1.807, 2.05) is 12.1 Å². The van der Waals surface area contributed by atoms with Crippen LogP contribution in [-0.4, -0.2) is 30.0 Å². The molecule has 2 heterocycles. The van der Waals surface area contributed by atoms with E-state index in [4.69, 9.17) is 9.47 Å². The van der Waals surface area contributed by atoms with E-state index in [1.54, 1.807) is 7.11 Å². The molecule has 2 aromatic rings. The zero-order valence-corrected chi connectivity index (χ0v) is 18.2. The summed E-state index contributed by atoms with van der Waals surface area (Å²) in [6, 6.07) is 8.75. The molecule has 1 unspecified atom stereocenters. The Labute approximate surface area is 175 Å². The third-order valence-corrected chi connectivity index (χ3v) is 5.68. The summed E-state index contributed by atoms with van der Waals surface area (Å²) < 4.78 is 11.3. The minimum atomic E-state index is 0.454. The molecule has 0 saturated heterocycles. The molecule has 0 radical (unpaired) electrons. The molecule has 3 rings (SSSR count). The van der Waals surface area contributed by atoms with Crippen LogP contribution in [0.1, 0.15) is 69.9 Å². The van der Waals surface area contributed by atoms with Gasteiger partial charge in [-0.15, -0.1) is 10.2 Å². The van der Waals surface area contributed by atoms with E-state index in [-0.39, 0.29) is 0 Å². The molecule has 5 nitrogen and oxygen atoms in total. The van der Waals surface area contributed by atoms with Gasteiger partial charge in [-0.25, -0.2) is 0 Å². The van der Waals surface area contributed by atoms with E-state index in [2.05, 4.69) is 41.5 Å². The van der Waals surface area contributed by atoms with Crippen LogP contribution in [0, 0.1) is 0 Å². The molecule has 1 aliphatic heterocycles. The fraction of sp³-hybridized carbons (Fsp3) is 0.583. The standard InChI is InChI=1S/C24H35N3O2/c1-4-6-7-8-11-20(5-2)25-23-16-18-10-9-14-29-17-19-15-21(28-3)12-13-22(19)24(18)27-26-23/h12-13,15-16,20H,4-11,14,17H2,1-3H3,(H,25,26). The highest BCUT2D eigenvalue weighted by molar-refractivity contribution is 5.69. The molecule has 1 aromatic carbocycles. The molecule has 1 atom stereocenters. The zero-order valence-electron chi connectivity index (χ0n) is 18.2. The molecule has 1 aromatic heterocycles. The van der Waals surface area contributed by atoms with Crippen molar-refractivity contribution in [3.05, 3.63) is 35.4 Å². The van der Waals surface area contributed by atoms with Gasteiger partial charge >= 0.3 is 0 Å². The first-order valence-electron chi connectivity index (χ1n) is 11.1. The Morgan fingerprint density at radius 1 is 1.10 bits per heavy atom. The van der Waals surface area contributed by atoms with Gasteiger partial charge in [0.2, 0.25) is 0 Å². The molecule has 0 amide bonds. The van der Waals surface area contributed by atoms with E-state index in [0.29, 0.717) is 12.6 Å². The molecule has 0 spiro atoms. The summed E-state index contributed by atoms with van der Waals surface area (Å²) in [5.41, 5.74) is 4.40. The van der Waals surface area contributed by atoms with Crippen LogP contribution in [0.5, 0.6) is 5.75 Å². The Hall–Kier alpha value is -2.14. The highest BCUT2D eigenvalue weighted by Crippen LogP contribution is 2.31. The molecule has 5 heteroatoms. The maximum atomic E-state index is 5.87. The number of benzene rings is 1. The Bertz CT molecular complexity index is 779. The molecule has 0 fully saturated rings. The fourth-order valence-corrected chi connectivity index (χ4v) is 3.92. The minimum absolute atomic E-state index is 0.454. The average Bonchev–Trinajstić information content (AvgIpc) is 2.83. The summed E-state index contributed by atoms with van der Waals surface area (Å²) in [4.78, 5) is 0. The first-order valence-corrected chi connectivity index (χ1v) is 11.1. The largest absolute Gasteiger partial charge is 0.497 e. The summed E-state index contributed by atoms with van der Waals surface area (Å²) in [7, 11) is 1.69. The van der Waals surface area contributed by atoms with Crippen LogP contribution in [0.25, 0.3) is 11.3 Å². The maximum Gasteiger partial charge on any atom is 0.149 e. The Kier molecular flexibility index (Phi) is 8.29. The number of hydrogen-bond acceptors (Lipinski definition) is 5. The zero-order chi connectivity index (χ0) is 20.5. The average molecular weight is 398 g/mol. The predicted molar refractivity (Wildman–Crippen MR) is 118 cm³/mol. The first-order chi connectivity index (χ1) is 14.2. The van der Waals surface area contributed by atoms with Gasteiger partial charge in [0, 0.05) is 18.2 Å². The van der Waals surface area contributed by atoms with Crippen molar-refractivity contribution < 1.29 is 9.47 Å². The molecular formula is C24H35N3O2. The number of anilines is 1. The van der Waals surface area contributed by atoms with Crippen molar-refractivity contribution in [2.45, 2.75) is 77.9 Å². The lowest BCUT2D eigenvalue weighted by molar-refractivity contribution is 0.119. The van der Waals surface area contributed by atoms with E-state index in [0.717, 1.165) is 54.3 Å². The normalized spacial score (nSPS) is 14.7. The number of hydrogen-bond donors (Lipinski definition) is 1. The van der Waals surface area contributed by atoms with Gasteiger partial charge in [0.25, 0.3) is 0 Å². The monoisotopic (exact) mass is 397 g/mol. The molecule has 0 aliphatic carbocycles. The highest BCUT2D eigenvalue weighted by Gasteiger charge is 2.17. The highest BCUT2D eigenvalue weighted by atomic mass is 16.5. The number of unbranched alkanes of at least 4 members (excludes halogenated alkanes) is 3. The number of fused-ring (bicyclic) bond motifs is 3. The molecular weight excluding hydrogens is 362 g/mol. The smallest absolute Gasteiger partial charge is 0.149 e. The predicted octanol–water partition coefficient (Wildman–Crippen LogP) is 5.78. The van der Waals surface area contributed by atoms with Gasteiger partial charge in [0.15, 0.2) is 0 Å². The van der Waals surface area contributed by atoms with E-state index < -0.39 is 0 Å². The summed E-state index contributed by atoms with van der Waals surface area (Å²) >= 11 is 0. The Morgan fingerprint density at radius 3 is 2.79 bits per heavy atom. The van der Waals surface area contributed by atoms with Crippen molar-refractivity contribution in [3.63, 3.8) is 0 Å². The maximum absolute atomic E-state index is 5.87. The van der Waals surface area contributed by atoms with Crippen molar-refractivity contribution in [2.75, 3.05) is 19.0 Å². The lowest BCUT2D eigenvalue weighted by Crippen LogP contribution is -2.19. The van der Waals surface area contributed by atoms with Gasteiger partial charge in [-0.1, -0.05) is 39.5 Å². The second kappa shape index (κ2) is 11.1. The third kappa shape index (κ3) is 5.92. The van der Waals surface area contributed by atoms with Gasteiger partial charge in [-0.2, -0.15) is 0 Å². The number of aryl methyl sites for hydroxylation is 1. The first kappa shape index (κ1) is 21.6. The number of nitrogens with zero attached hydrogens (tertiary/aromatic N) is 2. The third-order valence-electron chi connectivity index (χ3n) is 5.68. The van der Waals surface area contributed by atoms with Crippen LogP contribution in [0.2, 0.25) is 0 Å². The Morgan fingerprint density at radius 2 is 2.00 bits per heavy atom. The molecule has 0 bridgehead atoms. The van der Waals surface area contributed by atoms with Crippen LogP contribution >= 0.6 is 0 Å². The summed E-state index contributed by atoms with van der Waals surface area (Å²) in [6.45, 7) is 5.81. The van der Waals surface area contributed by atoms with E-state index >= 15 is 0 Å². The molecule has 29 heavy (non-hydrogen) atoms.